The van der Waals surface area contributed by atoms with Crippen LogP contribution in [0.5, 0.6) is 0 Å². The van der Waals surface area contributed by atoms with Gasteiger partial charge in [0.05, 0.1) is 11.3 Å². The molecule has 0 saturated heterocycles. The van der Waals surface area contributed by atoms with Gasteiger partial charge in [-0.2, -0.15) is 0 Å². The van der Waals surface area contributed by atoms with E-state index in [-0.39, 0.29) is 11.3 Å². The first kappa shape index (κ1) is 11.9. The lowest BCUT2D eigenvalue weighted by atomic mass is 9.80. The van der Waals surface area contributed by atoms with Crippen molar-refractivity contribution in [2.75, 3.05) is 28.2 Å². The Labute approximate surface area is 87.2 Å². The molecule has 0 heterocycles. The van der Waals surface area contributed by atoms with Crippen molar-refractivity contribution in [2.45, 2.75) is 37.0 Å². The minimum absolute atomic E-state index is 0.0737. The molecule has 1 fully saturated rings. The molecule has 0 aliphatic heterocycles. The molecule has 1 aliphatic rings. The Kier molecular flexibility index (Phi) is 3.89. The number of rotatable bonds is 4. The smallest absolute Gasteiger partial charge is 0.0713 e. The highest BCUT2D eigenvalue weighted by atomic mass is 15.2. The number of hydrogen-bond acceptors (Lipinski definition) is 4. The fourth-order valence-electron chi connectivity index (χ4n) is 2.49. The van der Waals surface area contributed by atoms with Crippen molar-refractivity contribution in [3.05, 3.63) is 0 Å². The zero-order valence-corrected chi connectivity index (χ0v) is 9.83. The first-order chi connectivity index (χ1) is 6.66. The summed E-state index contributed by atoms with van der Waals surface area (Å²) in [5.74, 6) is 0. The third-order valence-corrected chi connectivity index (χ3v) is 3.72. The van der Waals surface area contributed by atoms with Gasteiger partial charge in [-0.25, -0.2) is 0 Å². The van der Waals surface area contributed by atoms with Gasteiger partial charge in [-0.15, -0.1) is 0 Å². The zero-order valence-electron chi connectivity index (χ0n) is 9.83. The largest absolute Gasteiger partial charge is 0.302 e. The van der Waals surface area contributed by atoms with Crippen LogP contribution in [0.2, 0.25) is 0 Å². The molecule has 84 valence electrons. The summed E-state index contributed by atoms with van der Waals surface area (Å²) in [6, 6.07) is 0. The van der Waals surface area contributed by atoms with Gasteiger partial charge in [0.25, 0.3) is 0 Å². The van der Waals surface area contributed by atoms with E-state index in [2.05, 4.69) is 21.3 Å². The quantitative estimate of drug-likeness (QED) is 0.476. The zero-order chi connectivity index (χ0) is 10.7. The first-order valence-corrected chi connectivity index (χ1v) is 5.41. The lowest BCUT2D eigenvalue weighted by Crippen LogP contribution is -2.67. The molecule has 1 aliphatic carbocycles. The summed E-state index contributed by atoms with van der Waals surface area (Å²) in [5, 5.41) is 13.6. The van der Waals surface area contributed by atoms with Crippen LogP contribution in [0.3, 0.4) is 0 Å². The second-order valence-corrected chi connectivity index (χ2v) is 4.19. The van der Waals surface area contributed by atoms with Crippen molar-refractivity contribution >= 4 is 0 Å². The molecule has 0 spiro atoms. The van der Waals surface area contributed by atoms with Crippen molar-refractivity contribution in [3.8, 4) is 0 Å². The van der Waals surface area contributed by atoms with Gasteiger partial charge in [0.15, 0.2) is 0 Å². The summed E-state index contributed by atoms with van der Waals surface area (Å²) >= 11 is 0. The van der Waals surface area contributed by atoms with E-state index in [4.69, 9.17) is 0 Å². The third-order valence-electron chi connectivity index (χ3n) is 3.72. The molecule has 0 bridgehead atoms. The molecule has 14 heavy (non-hydrogen) atoms. The van der Waals surface area contributed by atoms with Crippen LogP contribution in [0, 0.1) is 0 Å². The second-order valence-electron chi connectivity index (χ2n) is 4.19. The molecule has 4 heteroatoms. The highest BCUT2D eigenvalue weighted by Crippen LogP contribution is 2.31. The van der Waals surface area contributed by atoms with Gasteiger partial charge in [0, 0.05) is 6.42 Å². The molecule has 1 saturated carbocycles. The van der Waals surface area contributed by atoms with Crippen LogP contribution >= 0.6 is 0 Å². The van der Waals surface area contributed by atoms with Crippen molar-refractivity contribution in [3.63, 3.8) is 0 Å². The topological polar surface area (TPSA) is 48.1 Å². The number of nitrogens with one attached hydrogen (secondary N) is 4. The van der Waals surface area contributed by atoms with Gasteiger partial charge in [-0.1, -0.05) is 0 Å². The fraction of sp³-hybridized carbons (Fsp3) is 1.00. The maximum absolute atomic E-state index is 3.40. The predicted molar refractivity (Wildman–Crippen MR) is 60.2 cm³/mol. The first-order valence-electron chi connectivity index (χ1n) is 5.41. The van der Waals surface area contributed by atoms with E-state index in [1.54, 1.807) is 0 Å². The van der Waals surface area contributed by atoms with Crippen molar-refractivity contribution in [1.82, 2.24) is 21.3 Å². The normalized spacial score (nSPS) is 24.9. The Bertz CT molecular complexity index is 155. The summed E-state index contributed by atoms with van der Waals surface area (Å²) in [4.78, 5) is 0. The van der Waals surface area contributed by atoms with E-state index in [1.165, 1.54) is 19.3 Å². The summed E-state index contributed by atoms with van der Waals surface area (Å²) in [6.45, 7) is 0. The molecule has 0 unspecified atom stereocenters. The molecule has 0 radical (unpaired) electrons. The molecule has 0 aromatic carbocycles. The Morgan fingerprint density at radius 2 is 1.07 bits per heavy atom. The average molecular weight is 200 g/mol. The Hall–Kier alpha value is -0.160. The summed E-state index contributed by atoms with van der Waals surface area (Å²) in [7, 11) is 8.10. The van der Waals surface area contributed by atoms with Crippen LogP contribution in [0.15, 0.2) is 0 Å². The van der Waals surface area contributed by atoms with E-state index < -0.39 is 0 Å². The van der Waals surface area contributed by atoms with Crippen molar-refractivity contribution in [1.29, 1.82) is 0 Å². The van der Waals surface area contributed by atoms with Gasteiger partial charge in [-0.3, -0.25) is 0 Å². The maximum Gasteiger partial charge on any atom is 0.0713 e. The highest BCUT2D eigenvalue weighted by molar-refractivity contribution is 4.99. The third kappa shape index (κ3) is 2.08. The van der Waals surface area contributed by atoms with E-state index in [0.717, 1.165) is 6.42 Å². The Morgan fingerprint density at radius 1 is 0.714 bits per heavy atom. The van der Waals surface area contributed by atoms with Gasteiger partial charge in [-0.05, 0) is 47.5 Å². The lowest BCUT2D eigenvalue weighted by molar-refractivity contribution is 0.0952. The summed E-state index contributed by atoms with van der Waals surface area (Å²) in [5.41, 5.74) is 0.147. The SMILES string of the molecule is CNC1(NC)CCCC(NC)(NC)C1. The standard InChI is InChI=1S/C10H24N4/c1-11-9(12-2)6-5-7-10(8-9,13-3)14-4/h11-14H,5-8H2,1-4H3. The summed E-state index contributed by atoms with van der Waals surface area (Å²) in [6.07, 6.45) is 4.65. The maximum atomic E-state index is 3.40. The van der Waals surface area contributed by atoms with Crippen LogP contribution in [0.4, 0.5) is 0 Å². The van der Waals surface area contributed by atoms with Gasteiger partial charge in [0.1, 0.15) is 0 Å². The molecule has 0 atom stereocenters. The minimum atomic E-state index is 0.0737. The van der Waals surface area contributed by atoms with E-state index >= 15 is 0 Å². The summed E-state index contributed by atoms with van der Waals surface area (Å²) < 4.78 is 0. The molecule has 1 rings (SSSR count). The Balaban J connectivity index is 2.75. The monoisotopic (exact) mass is 200 g/mol. The van der Waals surface area contributed by atoms with Crippen molar-refractivity contribution in [2.24, 2.45) is 0 Å². The van der Waals surface area contributed by atoms with Crippen LogP contribution < -0.4 is 21.3 Å². The number of hydrogen-bond donors (Lipinski definition) is 4. The molecular formula is C10H24N4. The van der Waals surface area contributed by atoms with Gasteiger partial charge >= 0.3 is 0 Å². The lowest BCUT2D eigenvalue weighted by Gasteiger charge is -2.48. The van der Waals surface area contributed by atoms with Gasteiger partial charge < -0.3 is 21.3 Å². The average Bonchev–Trinajstić information content (AvgIpc) is 2.29. The molecule has 4 nitrogen and oxygen atoms in total. The molecule has 0 aromatic rings. The van der Waals surface area contributed by atoms with Crippen molar-refractivity contribution < 1.29 is 0 Å². The molecule has 0 amide bonds. The predicted octanol–water partition coefficient (Wildman–Crippen LogP) is -0.169. The Morgan fingerprint density at radius 3 is 1.36 bits per heavy atom. The minimum Gasteiger partial charge on any atom is -0.302 e. The molecule has 4 N–H and O–H groups in total. The highest BCUT2D eigenvalue weighted by Gasteiger charge is 2.41. The van der Waals surface area contributed by atoms with Crippen LogP contribution in [0.25, 0.3) is 0 Å². The van der Waals surface area contributed by atoms with Crippen LogP contribution in [-0.2, 0) is 0 Å². The molecular weight excluding hydrogens is 176 g/mol. The van der Waals surface area contributed by atoms with Gasteiger partial charge in [0.2, 0.25) is 0 Å². The molecule has 0 aromatic heterocycles. The van der Waals surface area contributed by atoms with E-state index in [9.17, 15) is 0 Å². The van der Waals surface area contributed by atoms with Crippen LogP contribution in [-0.4, -0.2) is 39.5 Å². The second kappa shape index (κ2) is 4.57. The van der Waals surface area contributed by atoms with E-state index in [0.29, 0.717) is 0 Å². The fourth-order valence-corrected chi connectivity index (χ4v) is 2.49. The van der Waals surface area contributed by atoms with E-state index in [1.807, 2.05) is 28.2 Å². The van der Waals surface area contributed by atoms with Crippen LogP contribution in [0.1, 0.15) is 25.7 Å².